The first-order valence-electron chi connectivity index (χ1n) is 12.2. The lowest BCUT2D eigenvalue weighted by molar-refractivity contribution is -0.139. The van der Waals surface area contributed by atoms with E-state index in [1.807, 2.05) is 6.92 Å². The van der Waals surface area contributed by atoms with Crippen LogP contribution in [-0.4, -0.2) is 45.1 Å². The molecule has 1 aliphatic rings. The molecule has 39 heavy (non-hydrogen) atoms. The van der Waals surface area contributed by atoms with Crippen LogP contribution >= 0.6 is 27.3 Å². The molecule has 0 radical (unpaired) electrons. The molecule has 1 atom stereocenters. The zero-order valence-electron chi connectivity index (χ0n) is 22.5. The molecule has 0 saturated heterocycles. The summed E-state index contributed by atoms with van der Waals surface area (Å²) < 4.78 is 30.3. The summed E-state index contributed by atoms with van der Waals surface area (Å²) in [5.41, 5.74) is 1.69. The van der Waals surface area contributed by atoms with Crippen molar-refractivity contribution in [2.75, 3.05) is 34.5 Å². The number of aromatic nitrogens is 1. The van der Waals surface area contributed by atoms with Crippen molar-refractivity contribution in [1.82, 2.24) is 4.57 Å². The second-order valence-electron chi connectivity index (χ2n) is 8.37. The summed E-state index contributed by atoms with van der Waals surface area (Å²) in [5, 5.41) is 0. The number of methoxy groups -OCH3 is 3. The highest BCUT2D eigenvalue weighted by molar-refractivity contribution is 9.10. The summed E-state index contributed by atoms with van der Waals surface area (Å²) in [6.45, 7) is 6.01. The Balaban J connectivity index is 1.99. The first-order valence-corrected chi connectivity index (χ1v) is 13.8. The number of hydrogen-bond acceptors (Lipinski definition) is 9. The van der Waals surface area contributed by atoms with Gasteiger partial charge in [0.1, 0.15) is 17.5 Å². The van der Waals surface area contributed by atoms with Gasteiger partial charge in [0.2, 0.25) is 0 Å². The number of carbonyl (C=O) groups is 1. The molecule has 0 N–H and O–H groups in total. The van der Waals surface area contributed by atoms with E-state index in [1.165, 1.54) is 23.0 Å². The summed E-state index contributed by atoms with van der Waals surface area (Å²) in [6.07, 6.45) is 1.76. The van der Waals surface area contributed by atoms with Crippen LogP contribution in [0.15, 0.2) is 55.9 Å². The van der Waals surface area contributed by atoms with Crippen LogP contribution in [0.3, 0.4) is 0 Å². The Labute approximate surface area is 238 Å². The van der Waals surface area contributed by atoms with Gasteiger partial charge in [-0.25, -0.2) is 9.79 Å². The van der Waals surface area contributed by atoms with Crippen molar-refractivity contribution in [1.29, 1.82) is 0 Å². The molecule has 0 bridgehead atoms. The van der Waals surface area contributed by atoms with Gasteiger partial charge in [0.25, 0.3) is 5.56 Å². The number of nitrogens with zero attached hydrogens (tertiary/aromatic N) is 2. The van der Waals surface area contributed by atoms with E-state index in [9.17, 15) is 9.59 Å². The first-order chi connectivity index (χ1) is 18.8. The molecular weight excluding hydrogens is 588 g/mol. The van der Waals surface area contributed by atoms with Crippen molar-refractivity contribution >= 4 is 39.3 Å². The Morgan fingerprint density at radius 1 is 1.05 bits per heavy atom. The number of hydrogen-bond donors (Lipinski definition) is 0. The van der Waals surface area contributed by atoms with Crippen molar-refractivity contribution in [2.45, 2.75) is 26.8 Å². The van der Waals surface area contributed by atoms with Crippen LogP contribution in [0, 0.1) is 0 Å². The third-order valence-corrected chi connectivity index (χ3v) is 7.79. The summed E-state index contributed by atoms with van der Waals surface area (Å²) in [7, 11) is 4.64. The Kier molecular flexibility index (Phi) is 8.81. The number of carbonyl (C=O) groups excluding carboxylic acids is 1. The molecule has 2 aromatic carbocycles. The standard InChI is InChI=1S/C28H29BrN2O7S/c1-7-37-22-14-19(29)16(11-21(22)36-6)12-23-26(32)31-25(18-13-17(34-4)9-10-20(18)35-5)24(27(33)38-8-2)15(3)30-28(31)39-23/h9-14,25H,7-8H2,1-6H3/b23-12+/t25-/m0/s1. The van der Waals surface area contributed by atoms with Crippen LogP contribution in [0.4, 0.5) is 0 Å². The van der Waals surface area contributed by atoms with Gasteiger partial charge in [0, 0.05) is 10.0 Å². The predicted octanol–water partition coefficient (Wildman–Crippen LogP) is 3.99. The van der Waals surface area contributed by atoms with E-state index in [1.54, 1.807) is 64.5 Å². The van der Waals surface area contributed by atoms with E-state index < -0.39 is 12.0 Å². The molecule has 0 fully saturated rings. The number of benzene rings is 2. The summed E-state index contributed by atoms with van der Waals surface area (Å²) in [6, 6.07) is 8.01. The molecule has 1 aliphatic heterocycles. The molecule has 206 valence electrons. The Bertz CT molecular complexity index is 1620. The van der Waals surface area contributed by atoms with Crippen molar-refractivity contribution in [3.8, 4) is 23.0 Å². The Hall–Kier alpha value is -3.57. The second-order valence-corrected chi connectivity index (χ2v) is 10.2. The summed E-state index contributed by atoms with van der Waals surface area (Å²) >= 11 is 4.80. The van der Waals surface area contributed by atoms with Crippen LogP contribution in [0.1, 0.15) is 37.9 Å². The average molecular weight is 618 g/mol. The smallest absolute Gasteiger partial charge is 0.338 e. The average Bonchev–Trinajstić information content (AvgIpc) is 3.23. The van der Waals surface area contributed by atoms with E-state index in [0.29, 0.717) is 50.2 Å². The van der Waals surface area contributed by atoms with Crippen LogP contribution in [-0.2, 0) is 9.53 Å². The molecule has 0 spiro atoms. The highest BCUT2D eigenvalue weighted by Gasteiger charge is 2.35. The van der Waals surface area contributed by atoms with E-state index in [-0.39, 0.29) is 17.7 Å². The number of ether oxygens (including phenoxy) is 5. The molecule has 0 aliphatic carbocycles. The zero-order chi connectivity index (χ0) is 28.3. The summed E-state index contributed by atoms with van der Waals surface area (Å²) in [4.78, 5) is 32.3. The van der Waals surface area contributed by atoms with Gasteiger partial charge in [0.15, 0.2) is 16.3 Å². The number of rotatable bonds is 9. The van der Waals surface area contributed by atoms with Gasteiger partial charge in [-0.1, -0.05) is 27.3 Å². The monoisotopic (exact) mass is 616 g/mol. The molecule has 0 unspecified atom stereocenters. The van der Waals surface area contributed by atoms with Crippen LogP contribution in [0.5, 0.6) is 23.0 Å². The summed E-state index contributed by atoms with van der Waals surface area (Å²) in [5.74, 6) is 1.62. The second kappa shape index (κ2) is 12.1. The highest BCUT2D eigenvalue weighted by Crippen LogP contribution is 2.38. The maximum Gasteiger partial charge on any atom is 0.338 e. The topological polar surface area (TPSA) is 97.6 Å². The van der Waals surface area contributed by atoms with Crippen molar-refractivity contribution in [3.63, 3.8) is 0 Å². The Morgan fingerprint density at radius 2 is 1.79 bits per heavy atom. The largest absolute Gasteiger partial charge is 0.497 e. The molecular formula is C28H29BrN2O7S. The predicted molar refractivity (Wildman–Crippen MR) is 152 cm³/mol. The minimum atomic E-state index is -0.842. The number of allylic oxidation sites excluding steroid dienone is 1. The van der Waals surface area contributed by atoms with Crippen molar-refractivity contribution in [3.05, 3.63) is 76.9 Å². The number of thiazole rings is 1. The van der Waals surface area contributed by atoms with Crippen molar-refractivity contribution in [2.24, 2.45) is 4.99 Å². The maximum atomic E-state index is 14.0. The van der Waals surface area contributed by atoms with Gasteiger partial charge < -0.3 is 23.7 Å². The molecule has 9 nitrogen and oxygen atoms in total. The van der Waals surface area contributed by atoms with E-state index in [0.717, 1.165) is 10.0 Å². The van der Waals surface area contributed by atoms with Gasteiger partial charge in [-0.3, -0.25) is 9.36 Å². The number of halogens is 1. The third kappa shape index (κ3) is 5.46. The molecule has 0 saturated carbocycles. The molecule has 3 aromatic rings. The normalized spacial score (nSPS) is 14.9. The molecule has 2 heterocycles. The fourth-order valence-electron chi connectivity index (χ4n) is 4.37. The fourth-order valence-corrected chi connectivity index (χ4v) is 5.84. The van der Waals surface area contributed by atoms with Gasteiger partial charge in [-0.15, -0.1) is 0 Å². The lowest BCUT2D eigenvalue weighted by Gasteiger charge is -2.26. The van der Waals surface area contributed by atoms with Gasteiger partial charge >= 0.3 is 5.97 Å². The molecule has 11 heteroatoms. The number of esters is 1. The van der Waals surface area contributed by atoms with Gasteiger partial charge in [-0.05, 0) is 62.7 Å². The lowest BCUT2D eigenvalue weighted by atomic mass is 9.94. The van der Waals surface area contributed by atoms with Crippen molar-refractivity contribution < 1.29 is 28.5 Å². The van der Waals surface area contributed by atoms with Gasteiger partial charge in [0.05, 0.1) is 50.3 Å². The minimum Gasteiger partial charge on any atom is -0.497 e. The lowest BCUT2D eigenvalue weighted by Crippen LogP contribution is -2.40. The van der Waals surface area contributed by atoms with E-state index in [4.69, 9.17) is 23.7 Å². The van der Waals surface area contributed by atoms with Crippen LogP contribution in [0.2, 0.25) is 0 Å². The quantitative estimate of drug-likeness (QED) is 0.335. The van der Waals surface area contributed by atoms with Gasteiger partial charge in [-0.2, -0.15) is 0 Å². The maximum absolute atomic E-state index is 14.0. The third-order valence-electron chi connectivity index (χ3n) is 6.12. The SMILES string of the molecule is CCOC(=O)C1=C(C)N=c2s/c(=C/c3cc(OC)c(OCC)cc3Br)c(=O)n2[C@H]1c1cc(OC)ccc1OC. The van der Waals surface area contributed by atoms with Crippen LogP contribution in [0.25, 0.3) is 6.08 Å². The molecule has 4 rings (SSSR count). The molecule has 0 amide bonds. The fraction of sp³-hybridized carbons (Fsp3) is 0.321. The Morgan fingerprint density at radius 3 is 2.44 bits per heavy atom. The zero-order valence-corrected chi connectivity index (χ0v) is 24.9. The number of fused-ring (bicyclic) bond motifs is 1. The minimum absolute atomic E-state index is 0.176. The molecule has 1 aromatic heterocycles. The van der Waals surface area contributed by atoms with Crippen LogP contribution < -0.4 is 33.8 Å². The van der Waals surface area contributed by atoms with E-state index in [2.05, 4.69) is 20.9 Å². The highest BCUT2D eigenvalue weighted by atomic mass is 79.9. The first kappa shape index (κ1) is 28.4. The van der Waals surface area contributed by atoms with E-state index >= 15 is 0 Å².